The van der Waals surface area contributed by atoms with Crippen LogP contribution in [0.25, 0.3) is 0 Å². The number of nitrogens with one attached hydrogen (secondary N) is 1. The highest BCUT2D eigenvalue weighted by Crippen LogP contribution is 2.18. The molecule has 0 saturated carbocycles. The number of hydrogen-bond donors (Lipinski definition) is 1. The molecule has 102 valence electrons. The van der Waals surface area contributed by atoms with E-state index in [1.807, 2.05) is 19.9 Å². The van der Waals surface area contributed by atoms with Gasteiger partial charge in [-0.25, -0.2) is 13.2 Å². The Morgan fingerprint density at radius 2 is 1.79 bits per heavy atom. The first-order chi connectivity index (χ1) is 9.01. The lowest BCUT2D eigenvalue weighted by Gasteiger charge is -2.08. The maximum absolute atomic E-state index is 13.0. The Balaban J connectivity index is 2.14. The lowest BCUT2D eigenvalue weighted by atomic mass is 10.2. The van der Waals surface area contributed by atoms with E-state index >= 15 is 0 Å². The molecule has 0 radical (unpaired) electrons. The van der Waals surface area contributed by atoms with Gasteiger partial charge in [0.2, 0.25) is 0 Å². The summed E-state index contributed by atoms with van der Waals surface area (Å²) in [4.78, 5) is 0. The van der Waals surface area contributed by atoms with E-state index in [1.54, 1.807) is 4.68 Å². The molecule has 0 aliphatic heterocycles. The summed E-state index contributed by atoms with van der Waals surface area (Å²) in [6.45, 7) is 4.89. The van der Waals surface area contributed by atoms with Crippen molar-refractivity contribution >= 4 is 5.69 Å². The van der Waals surface area contributed by atoms with Gasteiger partial charge in [0.15, 0.2) is 17.5 Å². The standard InChI is InChI=1S/C13H14F3N3/c1-3-19-10(4-8(2)18-19)7-17-9-5-11(14)13(16)12(15)6-9/h4-6,17H,3,7H2,1-2H3. The number of aryl methyl sites for hydroxylation is 2. The smallest absolute Gasteiger partial charge is 0.194 e. The molecule has 1 aromatic carbocycles. The van der Waals surface area contributed by atoms with Crippen LogP contribution in [-0.4, -0.2) is 9.78 Å². The molecule has 0 saturated heterocycles. The third-order valence-corrected chi connectivity index (χ3v) is 2.74. The van der Waals surface area contributed by atoms with Crippen LogP contribution in [0.15, 0.2) is 18.2 Å². The number of aromatic nitrogens is 2. The molecular formula is C13H14F3N3. The molecule has 6 heteroatoms. The second kappa shape index (κ2) is 5.34. The molecule has 0 unspecified atom stereocenters. The summed E-state index contributed by atoms with van der Waals surface area (Å²) in [7, 11) is 0. The molecule has 1 heterocycles. The van der Waals surface area contributed by atoms with Crippen LogP contribution >= 0.6 is 0 Å². The lowest BCUT2D eigenvalue weighted by molar-refractivity contribution is 0.447. The average molecular weight is 269 g/mol. The highest BCUT2D eigenvalue weighted by atomic mass is 19.2. The minimum atomic E-state index is -1.46. The van der Waals surface area contributed by atoms with Crippen molar-refractivity contribution in [3.8, 4) is 0 Å². The fourth-order valence-corrected chi connectivity index (χ4v) is 1.87. The molecule has 0 aliphatic carbocycles. The van der Waals surface area contributed by atoms with E-state index in [-0.39, 0.29) is 5.69 Å². The third kappa shape index (κ3) is 2.89. The Morgan fingerprint density at radius 3 is 2.37 bits per heavy atom. The maximum Gasteiger partial charge on any atom is 0.194 e. The average Bonchev–Trinajstić information content (AvgIpc) is 2.73. The molecule has 0 fully saturated rings. The zero-order valence-corrected chi connectivity index (χ0v) is 10.7. The van der Waals surface area contributed by atoms with Gasteiger partial charge >= 0.3 is 0 Å². The van der Waals surface area contributed by atoms with Gasteiger partial charge in [-0.3, -0.25) is 4.68 Å². The summed E-state index contributed by atoms with van der Waals surface area (Å²) in [5, 5.41) is 7.11. The number of benzene rings is 1. The highest BCUT2D eigenvalue weighted by Gasteiger charge is 2.11. The van der Waals surface area contributed by atoms with Crippen molar-refractivity contribution < 1.29 is 13.2 Å². The molecule has 0 atom stereocenters. The van der Waals surface area contributed by atoms with Gasteiger partial charge in [0.1, 0.15) is 0 Å². The molecule has 0 amide bonds. The van der Waals surface area contributed by atoms with Crippen molar-refractivity contribution in [1.29, 1.82) is 0 Å². The molecule has 3 nitrogen and oxygen atoms in total. The van der Waals surface area contributed by atoms with E-state index in [0.29, 0.717) is 13.1 Å². The molecule has 0 bridgehead atoms. The molecule has 0 aliphatic rings. The van der Waals surface area contributed by atoms with Crippen molar-refractivity contribution in [2.75, 3.05) is 5.32 Å². The monoisotopic (exact) mass is 269 g/mol. The molecule has 0 spiro atoms. The van der Waals surface area contributed by atoms with Gasteiger partial charge in [-0.1, -0.05) is 0 Å². The summed E-state index contributed by atoms with van der Waals surface area (Å²) in [6.07, 6.45) is 0. The van der Waals surface area contributed by atoms with E-state index in [1.165, 1.54) is 0 Å². The summed E-state index contributed by atoms with van der Waals surface area (Å²) in [5.74, 6) is -3.87. The number of anilines is 1. The zero-order chi connectivity index (χ0) is 14.0. The predicted octanol–water partition coefficient (Wildman–Crippen LogP) is 3.24. The van der Waals surface area contributed by atoms with E-state index in [4.69, 9.17) is 0 Å². The first kappa shape index (κ1) is 13.5. The van der Waals surface area contributed by atoms with Gasteiger partial charge in [0, 0.05) is 24.4 Å². The van der Waals surface area contributed by atoms with E-state index in [0.717, 1.165) is 23.5 Å². The summed E-state index contributed by atoms with van der Waals surface area (Å²) in [6, 6.07) is 3.74. The van der Waals surface area contributed by atoms with Gasteiger partial charge in [-0.2, -0.15) is 5.10 Å². The fourth-order valence-electron chi connectivity index (χ4n) is 1.87. The zero-order valence-electron chi connectivity index (χ0n) is 10.7. The topological polar surface area (TPSA) is 29.9 Å². The SMILES string of the molecule is CCn1nc(C)cc1CNc1cc(F)c(F)c(F)c1. The number of hydrogen-bond acceptors (Lipinski definition) is 2. The largest absolute Gasteiger partial charge is 0.379 e. The van der Waals surface area contributed by atoms with Gasteiger partial charge in [-0.05, 0) is 19.9 Å². The minimum absolute atomic E-state index is 0.193. The van der Waals surface area contributed by atoms with Crippen molar-refractivity contribution in [2.24, 2.45) is 0 Å². The number of rotatable bonds is 4. The van der Waals surface area contributed by atoms with Crippen LogP contribution in [-0.2, 0) is 13.1 Å². The molecule has 2 rings (SSSR count). The van der Waals surface area contributed by atoms with Gasteiger partial charge in [-0.15, -0.1) is 0 Å². The van der Waals surface area contributed by atoms with Gasteiger partial charge in [0.25, 0.3) is 0 Å². The quantitative estimate of drug-likeness (QED) is 0.863. The van der Waals surface area contributed by atoms with Crippen LogP contribution < -0.4 is 5.32 Å². The third-order valence-electron chi connectivity index (χ3n) is 2.74. The van der Waals surface area contributed by atoms with Gasteiger partial charge in [0.05, 0.1) is 17.9 Å². The summed E-state index contributed by atoms with van der Waals surface area (Å²) < 4.78 is 40.7. The molecular weight excluding hydrogens is 255 g/mol. The van der Waals surface area contributed by atoms with E-state index in [2.05, 4.69) is 10.4 Å². The lowest BCUT2D eigenvalue weighted by Crippen LogP contribution is -2.08. The van der Waals surface area contributed by atoms with Crippen LogP contribution in [0.1, 0.15) is 18.3 Å². The van der Waals surface area contributed by atoms with Crippen molar-refractivity contribution in [3.63, 3.8) is 0 Å². The predicted molar refractivity (Wildman–Crippen MR) is 66.3 cm³/mol. The Hall–Kier alpha value is -1.98. The molecule has 1 aromatic heterocycles. The Kier molecular flexibility index (Phi) is 3.78. The molecule has 2 aromatic rings. The van der Waals surface area contributed by atoms with Crippen LogP contribution in [0.2, 0.25) is 0 Å². The minimum Gasteiger partial charge on any atom is -0.379 e. The first-order valence-electron chi connectivity index (χ1n) is 5.93. The van der Waals surface area contributed by atoms with E-state index in [9.17, 15) is 13.2 Å². The second-order valence-electron chi connectivity index (χ2n) is 4.20. The fraction of sp³-hybridized carbons (Fsp3) is 0.308. The molecule has 1 N–H and O–H groups in total. The van der Waals surface area contributed by atoms with E-state index < -0.39 is 17.5 Å². The summed E-state index contributed by atoms with van der Waals surface area (Å²) >= 11 is 0. The Morgan fingerprint density at radius 1 is 1.16 bits per heavy atom. The van der Waals surface area contributed by atoms with Crippen LogP contribution in [0, 0.1) is 24.4 Å². The Bertz CT molecular complexity index is 570. The van der Waals surface area contributed by atoms with Crippen LogP contribution in [0.4, 0.5) is 18.9 Å². The maximum atomic E-state index is 13.0. The van der Waals surface area contributed by atoms with Crippen LogP contribution in [0.3, 0.4) is 0 Å². The Labute approximate surface area is 109 Å². The van der Waals surface area contributed by atoms with Crippen molar-refractivity contribution in [3.05, 3.63) is 47.0 Å². The summed E-state index contributed by atoms with van der Waals surface area (Å²) in [5.41, 5.74) is 1.96. The van der Waals surface area contributed by atoms with Crippen LogP contribution in [0.5, 0.6) is 0 Å². The highest BCUT2D eigenvalue weighted by molar-refractivity contribution is 5.44. The number of nitrogens with zero attached hydrogens (tertiary/aromatic N) is 2. The second-order valence-corrected chi connectivity index (χ2v) is 4.20. The molecule has 19 heavy (non-hydrogen) atoms. The van der Waals surface area contributed by atoms with Gasteiger partial charge < -0.3 is 5.32 Å². The van der Waals surface area contributed by atoms with Crippen molar-refractivity contribution in [1.82, 2.24) is 9.78 Å². The first-order valence-corrected chi connectivity index (χ1v) is 5.93. The number of halogens is 3. The van der Waals surface area contributed by atoms with Crippen molar-refractivity contribution in [2.45, 2.75) is 26.9 Å². The normalized spacial score (nSPS) is 10.8.